The summed E-state index contributed by atoms with van der Waals surface area (Å²) in [6, 6.07) is 2.31. The van der Waals surface area contributed by atoms with Crippen LogP contribution in [0, 0.1) is 10.1 Å². The largest absolute Gasteiger partial charge is 0.383 e. The number of nitrogens with zero attached hydrogens (tertiary/aromatic N) is 2. The van der Waals surface area contributed by atoms with Gasteiger partial charge in [0.15, 0.2) is 0 Å². The monoisotopic (exact) mass is 334 g/mol. The van der Waals surface area contributed by atoms with Crippen molar-refractivity contribution in [3.63, 3.8) is 0 Å². The Morgan fingerprint density at radius 3 is 2.57 bits per heavy atom. The molecule has 0 saturated heterocycles. The van der Waals surface area contributed by atoms with Gasteiger partial charge in [0.05, 0.1) is 22.6 Å². The molecule has 0 aliphatic heterocycles. The molecule has 0 N–H and O–H groups in total. The van der Waals surface area contributed by atoms with Crippen molar-refractivity contribution in [3.05, 3.63) is 37.9 Å². The van der Waals surface area contributed by atoms with E-state index >= 15 is 0 Å². The molecule has 0 aliphatic rings. The lowest BCUT2D eigenvalue weighted by Gasteiger charge is -2.27. The van der Waals surface area contributed by atoms with E-state index in [0.29, 0.717) is 13.2 Å². The molecule has 1 unspecified atom stereocenters. The number of benzene rings is 1. The zero-order chi connectivity index (χ0) is 16.2. The zero-order valence-electron chi connectivity index (χ0n) is 11.9. The Kier molecular flexibility index (Phi) is 6.39. The van der Waals surface area contributed by atoms with E-state index in [1.54, 1.807) is 12.0 Å². The highest BCUT2D eigenvalue weighted by Crippen LogP contribution is 2.33. The first-order valence-electron chi connectivity index (χ1n) is 6.26. The molecule has 0 heterocycles. The highest BCUT2D eigenvalue weighted by molar-refractivity contribution is 6.43. The Bertz CT molecular complexity index is 551. The molecule has 0 aromatic heterocycles. The molecule has 8 heteroatoms. The smallest absolute Gasteiger partial charge is 0.290 e. The van der Waals surface area contributed by atoms with Crippen molar-refractivity contribution in [1.29, 1.82) is 0 Å². The Morgan fingerprint density at radius 2 is 2.10 bits per heavy atom. The van der Waals surface area contributed by atoms with Crippen molar-refractivity contribution in [2.24, 2.45) is 0 Å². The van der Waals surface area contributed by atoms with Gasteiger partial charge in [-0.25, -0.2) is 0 Å². The van der Waals surface area contributed by atoms with Crippen LogP contribution in [0.25, 0.3) is 0 Å². The summed E-state index contributed by atoms with van der Waals surface area (Å²) in [6.45, 7) is 4.45. The van der Waals surface area contributed by atoms with Gasteiger partial charge in [-0.3, -0.25) is 14.9 Å². The van der Waals surface area contributed by atoms with E-state index in [0.717, 1.165) is 6.07 Å². The molecule has 0 aliphatic carbocycles. The number of likely N-dealkylation sites (N-methyl/N-ethyl adjacent to an activating group) is 1. The summed E-state index contributed by atoms with van der Waals surface area (Å²) in [6.07, 6.45) is 0. The number of methoxy groups -OCH3 is 1. The summed E-state index contributed by atoms with van der Waals surface area (Å²) in [5.41, 5.74) is -0.260. The predicted octanol–water partition coefficient (Wildman–Crippen LogP) is 3.40. The number of nitro benzene ring substituents is 1. The van der Waals surface area contributed by atoms with E-state index in [9.17, 15) is 14.9 Å². The fraction of sp³-hybridized carbons (Fsp3) is 0.462. The van der Waals surface area contributed by atoms with Crippen molar-refractivity contribution < 1.29 is 14.5 Å². The maximum absolute atomic E-state index is 12.5. The molecule has 1 aromatic rings. The van der Waals surface area contributed by atoms with Gasteiger partial charge < -0.3 is 9.64 Å². The molecule has 6 nitrogen and oxygen atoms in total. The quantitative estimate of drug-likeness (QED) is 0.590. The SMILES string of the molecule is CCN(C(=O)c1cc(Cl)c(Cl)c([N+](=O)[O-])c1)C(C)COC. The van der Waals surface area contributed by atoms with Gasteiger partial charge >= 0.3 is 0 Å². The van der Waals surface area contributed by atoms with E-state index in [1.165, 1.54) is 6.07 Å². The summed E-state index contributed by atoms with van der Waals surface area (Å²) in [5.74, 6) is -0.358. The molecule has 21 heavy (non-hydrogen) atoms. The second-order valence-corrected chi connectivity index (χ2v) is 5.23. The molecule has 1 aromatic carbocycles. The number of hydrogen-bond donors (Lipinski definition) is 0. The summed E-state index contributed by atoms with van der Waals surface area (Å²) >= 11 is 11.6. The van der Waals surface area contributed by atoms with Crippen LogP contribution in [0.15, 0.2) is 12.1 Å². The standard InChI is InChI=1S/C13H16Cl2N2O4/c1-4-16(8(2)7-21-3)13(18)9-5-10(14)12(15)11(6-9)17(19)20/h5-6,8H,4,7H2,1-3H3. The first kappa shape index (κ1) is 17.7. The second kappa shape index (κ2) is 7.59. The molecule has 1 amide bonds. The van der Waals surface area contributed by atoms with Crippen molar-refractivity contribution in [2.75, 3.05) is 20.3 Å². The van der Waals surface area contributed by atoms with Gasteiger partial charge in [0.2, 0.25) is 0 Å². The number of rotatable bonds is 6. The number of carbonyl (C=O) groups excluding carboxylic acids is 1. The molecule has 0 spiro atoms. The van der Waals surface area contributed by atoms with Crippen molar-refractivity contribution >= 4 is 34.8 Å². The lowest BCUT2D eigenvalue weighted by molar-refractivity contribution is -0.384. The minimum absolute atomic E-state index is 0.0235. The van der Waals surface area contributed by atoms with Gasteiger partial charge in [-0.1, -0.05) is 23.2 Å². The molecular formula is C13H16Cl2N2O4. The van der Waals surface area contributed by atoms with Gasteiger partial charge in [0, 0.05) is 25.3 Å². The molecule has 0 fully saturated rings. The van der Waals surface area contributed by atoms with Gasteiger partial charge in [0.25, 0.3) is 11.6 Å². The number of ether oxygens (including phenoxy) is 1. The van der Waals surface area contributed by atoms with E-state index < -0.39 is 4.92 Å². The maximum Gasteiger partial charge on any atom is 0.290 e. The van der Waals surface area contributed by atoms with Gasteiger partial charge in [-0.2, -0.15) is 0 Å². The van der Waals surface area contributed by atoms with Crippen LogP contribution in [0.4, 0.5) is 5.69 Å². The average Bonchev–Trinajstić information content (AvgIpc) is 2.42. The predicted molar refractivity (Wildman–Crippen MR) is 81.2 cm³/mol. The minimum atomic E-state index is -0.667. The second-order valence-electron chi connectivity index (χ2n) is 4.44. The average molecular weight is 335 g/mol. The highest BCUT2D eigenvalue weighted by atomic mass is 35.5. The van der Waals surface area contributed by atoms with E-state index in [1.807, 2.05) is 13.8 Å². The normalized spacial score (nSPS) is 12.0. The van der Waals surface area contributed by atoms with Crippen LogP contribution in [0.5, 0.6) is 0 Å². The van der Waals surface area contributed by atoms with Crippen molar-refractivity contribution in [2.45, 2.75) is 19.9 Å². The van der Waals surface area contributed by atoms with Gasteiger partial charge in [-0.15, -0.1) is 0 Å². The summed E-state index contributed by atoms with van der Waals surface area (Å²) in [5, 5.41) is 10.7. The first-order chi connectivity index (χ1) is 9.83. The fourth-order valence-corrected chi connectivity index (χ4v) is 2.38. The van der Waals surface area contributed by atoms with Crippen LogP contribution in [-0.2, 0) is 4.74 Å². The lowest BCUT2D eigenvalue weighted by Crippen LogP contribution is -2.40. The van der Waals surface area contributed by atoms with Crippen LogP contribution in [0.1, 0.15) is 24.2 Å². The molecule has 0 bridgehead atoms. The van der Waals surface area contributed by atoms with Crippen molar-refractivity contribution in [1.82, 2.24) is 4.90 Å². The summed E-state index contributed by atoms with van der Waals surface area (Å²) in [7, 11) is 1.54. The molecule has 0 radical (unpaired) electrons. The van der Waals surface area contributed by atoms with E-state index in [4.69, 9.17) is 27.9 Å². The topological polar surface area (TPSA) is 72.7 Å². The molecule has 1 rings (SSSR count). The number of amides is 1. The maximum atomic E-state index is 12.5. The minimum Gasteiger partial charge on any atom is -0.383 e. The van der Waals surface area contributed by atoms with Crippen molar-refractivity contribution in [3.8, 4) is 0 Å². The number of hydrogen-bond acceptors (Lipinski definition) is 4. The van der Waals surface area contributed by atoms with Crippen LogP contribution in [-0.4, -0.2) is 42.0 Å². The number of nitro groups is 1. The Labute approximate surface area is 132 Å². The highest BCUT2D eigenvalue weighted by Gasteiger charge is 2.25. The fourth-order valence-electron chi connectivity index (χ4n) is 1.98. The zero-order valence-corrected chi connectivity index (χ0v) is 13.4. The Balaban J connectivity index is 3.20. The number of halogens is 2. The van der Waals surface area contributed by atoms with Crippen LogP contribution in [0.2, 0.25) is 10.0 Å². The van der Waals surface area contributed by atoms with Crippen LogP contribution >= 0.6 is 23.2 Å². The Hall–Kier alpha value is -1.37. The van der Waals surface area contributed by atoms with Gasteiger partial charge in [-0.05, 0) is 19.9 Å². The summed E-state index contributed by atoms with van der Waals surface area (Å²) < 4.78 is 5.03. The first-order valence-corrected chi connectivity index (χ1v) is 7.02. The van der Waals surface area contributed by atoms with Crippen LogP contribution in [0.3, 0.4) is 0 Å². The molecular weight excluding hydrogens is 319 g/mol. The third kappa shape index (κ3) is 4.06. The lowest BCUT2D eigenvalue weighted by atomic mass is 10.1. The Morgan fingerprint density at radius 1 is 1.48 bits per heavy atom. The summed E-state index contributed by atoms with van der Waals surface area (Å²) in [4.78, 5) is 24.3. The molecule has 1 atom stereocenters. The third-order valence-electron chi connectivity index (χ3n) is 2.99. The van der Waals surface area contributed by atoms with E-state index in [-0.39, 0.29) is 33.2 Å². The third-order valence-corrected chi connectivity index (χ3v) is 3.79. The van der Waals surface area contributed by atoms with E-state index in [2.05, 4.69) is 0 Å². The molecule has 116 valence electrons. The molecule has 0 saturated carbocycles. The van der Waals surface area contributed by atoms with Crippen LogP contribution < -0.4 is 0 Å². The van der Waals surface area contributed by atoms with Gasteiger partial charge in [0.1, 0.15) is 5.02 Å². The number of carbonyl (C=O) groups is 1.